The summed E-state index contributed by atoms with van der Waals surface area (Å²) < 4.78 is 35.6. The molecule has 8 rings (SSSR count). The van der Waals surface area contributed by atoms with Gasteiger partial charge in [-0.05, 0) is 95.8 Å². The highest BCUT2D eigenvalue weighted by Gasteiger charge is 2.64. The number of rotatable bonds is 19. The Hall–Kier alpha value is -4.93. The minimum absolute atomic E-state index is 0.0850. The Morgan fingerprint density at radius 3 is 2.40 bits per heavy atom. The second-order valence-corrected chi connectivity index (χ2v) is 17.3. The quantitative estimate of drug-likeness (QED) is 0.0487. The summed E-state index contributed by atoms with van der Waals surface area (Å²) in [4.78, 5) is 7.34. The number of allylic oxidation sites excluding steroid dienone is 1. The van der Waals surface area contributed by atoms with Gasteiger partial charge in [-0.25, -0.2) is 4.39 Å². The highest BCUT2D eigenvalue weighted by atomic mass is 32.2. The summed E-state index contributed by atoms with van der Waals surface area (Å²) in [5.41, 5.74) is 4.45. The summed E-state index contributed by atoms with van der Waals surface area (Å²) in [6, 6.07) is 37.7. The van der Waals surface area contributed by atoms with Crippen LogP contribution in [0.3, 0.4) is 0 Å². The van der Waals surface area contributed by atoms with Crippen LogP contribution < -0.4 is 9.47 Å². The molecule has 3 aliphatic rings. The number of fused-ring (bicyclic) bond motifs is 3. The van der Waals surface area contributed by atoms with Crippen LogP contribution in [-0.4, -0.2) is 46.8 Å². The third-order valence-corrected chi connectivity index (χ3v) is 13.5. The van der Waals surface area contributed by atoms with Gasteiger partial charge in [-0.3, -0.25) is 0 Å². The van der Waals surface area contributed by atoms with E-state index in [0.29, 0.717) is 37.2 Å². The van der Waals surface area contributed by atoms with Crippen molar-refractivity contribution in [1.82, 2.24) is 0 Å². The van der Waals surface area contributed by atoms with Crippen molar-refractivity contribution in [1.29, 1.82) is 0 Å². The predicted octanol–water partition coefficient (Wildman–Crippen LogP) is 11.2. The Morgan fingerprint density at radius 1 is 0.833 bits per heavy atom. The molecular weight excluding hydrogens is 774 g/mol. The fourth-order valence-corrected chi connectivity index (χ4v) is 10.8. The van der Waals surface area contributed by atoms with Gasteiger partial charge in [0.1, 0.15) is 30.5 Å². The van der Waals surface area contributed by atoms with Crippen molar-refractivity contribution in [3.05, 3.63) is 162 Å². The van der Waals surface area contributed by atoms with Gasteiger partial charge in [0, 0.05) is 41.6 Å². The molecule has 0 amide bonds. The number of nitrogens with zero attached hydrogens (tertiary/aromatic N) is 1. The molecule has 60 heavy (non-hydrogen) atoms. The summed E-state index contributed by atoms with van der Waals surface area (Å²) in [5.74, 6) is -0.215. The van der Waals surface area contributed by atoms with Crippen LogP contribution in [0.15, 0.2) is 150 Å². The number of unbranched alkanes of at least 4 members (excludes halogenated alkanes) is 2. The van der Waals surface area contributed by atoms with Gasteiger partial charge in [0.2, 0.25) is 5.79 Å². The monoisotopic (exact) mass is 827 g/mol. The molecule has 2 aliphatic carbocycles. The van der Waals surface area contributed by atoms with E-state index in [1.54, 1.807) is 30.0 Å². The first-order valence-electron chi connectivity index (χ1n) is 21.3. The van der Waals surface area contributed by atoms with E-state index in [1.165, 1.54) is 11.5 Å². The number of hydrogen-bond donors (Lipinski definition) is 2. The molecule has 1 heterocycles. The average molecular weight is 828 g/mol. The molecule has 0 spiro atoms. The maximum atomic E-state index is 14.7. The van der Waals surface area contributed by atoms with Crippen molar-refractivity contribution in [2.24, 2.45) is 22.9 Å². The Balaban J connectivity index is 1.28. The van der Waals surface area contributed by atoms with E-state index in [4.69, 9.17) is 24.2 Å². The molecule has 1 fully saturated rings. The third-order valence-electron chi connectivity index (χ3n) is 12.2. The van der Waals surface area contributed by atoms with E-state index in [1.807, 2.05) is 48.5 Å². The second-order valence-electron chi connectivity index (χ2n) is 16.0. The van der Waals surface area contributed by atoms with Crippen LogP contribution in [0.25, 0.3) is 10.8 Å². The van der Waals surface area contributed by atoms with Crippen LogP contribution in [0.5, 0.6) is 11.5 Å². The SMILES string of the molecule is C=CCOC12Oc3ccc(OCc4ccccc4F)cc3C3C(CCCCO)C(CCCCO)C=C(C(=NOCc4ccccc4)CC1Sc1ccc4ccccc4c1)C32. The first-order chi connectivity index (χ1) is 29.5. The Morgan fingerprint density at radius 2 is 1.60 bits per heavy atom. The number of oxime groups is 1. The van der Waals surface area contributed by atoms with Gasteiger partial charge in [-0.1, -0.05) is 109 Å². The lowest BCUT2D eigenvalue weighted by Gasteiger charge is -2.58. The van der Waals surface area contributed by atoms with Crippen molar-refractivity contribution >= 4 is 28.2 Å². The van der Waals surface area contributed by atoms with E-state index in [-0.39, 0.29) is 61.2 Å². The first-order valence-corrected chi connectivity index (χ1v) is 22.1. The normalized spacial score (nSPS) is 23.6. The van der Waals surface area contributed by atoms with Gasteiger partial charge >= 0.3 is 0 Å². The largest absolute Gasteiger partial charge is 0.489 e. The molecule has 6 atom stereocenters. The number of halogens is 1. The van der Waals surface area contributed by atoms with Crippen molar-refractivity contribution in [2.75, 3.05) is 19.8 Å². The molecule has 5 aromatic rings. The average Bonchev–Trinajstić information content (AvgIpc) is 3.27. The van der Waals surface area contributed by atoms with E-state index in [2.05, 4.69) is 61.2 Å². The Labute approximate surface area is 356 Å². The highest BCUT2D eigenvalue weighted by Crippen LogP contribution is 2.63. The molecule has 5 aromatic carbocycles. The van der Waals surface area contributed by atoms with Crippen molar-refractivity contribution in [2.45, 2.75) is 80.0 Å². The molecule has 1 aliphatic heterocycles. The Bertz CT molecular complexity index is 2300. The molecule has 7 nitrogen and oxygen atoms in total. The highest BCUT2D eigenvalue weighted by molar-refractivity contribution is 8.00. The van der Waals surface area contributed by atoms with Gasteiger partial charge in [-0.15, -0.1) is 18.3 Å². The van der Waals surface area contributed by atoms with E-state index in [0.717, 1.165) is 64.1 Å². The van der Waals surface area contributed by atoms with E-state index in [9.17, 15) is 14.6 Å². The summed E-state index contributed by atoms with van der Waals surface area (Å²) in [7, 11) is 0. The fourth-order valence-electron chi connectivity index (χ4n) is 9.45. The molecule has 2 N–H and O–H groups in total. The number of benzene rings is 5. The molecule has 0 bridgehead atoms. The maximum Gasteiger partial charge on any atom is 0.231 e. The summed E-state index contributed by atoms with van der Waals surface area (Å²) in [5, 5.41) is 26.9. The van der Waals surface area contributed by atoms with E-state index >= 15 is 0 Å². The van der Waals surface area contributed by atoms with Gasteiger partial charge in [0.05, 0.1) is 23.5 Å². The molecule has 0 radical (unpaired) electrons. The number of aliphatic hydroxyl groups excluding tert-OH is 2. The topological polar surface area (TPSA) is 89.7 Å². The summed E-state index contributed by atoms with van der Waals surface area (Å²) in [6.45, 7) is 5.02. The number of hydrogen-bond acceptors (Lipinski definition) is 8. The summed E-state index contributed by atoms with van der Waals surface area (Å²) >= 11 is 1.74. The van der Waals surface area contributed by atoms with Crippen molar-refractivity contribution in [3.63, 3.8) is 0 Å². The zero-order valence-electron chi connectivity index (χ0n) is 34.0. The molecular formula is C51H54FNO6S. The minimum Gasteiger partial charge on any atom is -0.489 e. The van der Waals surface area contributed by atoms with Crippen LogP contribution in [0.4, 0.5) is 4.39 Å². The zero-order chi connectivity index (χ0) is 41.3. The molecule has 1 saturated carbocycles. The van der Waals surface area contributed by atoms with Gasteiger partial charge in [-0.2, -0.15) is 0 Å². The smallest absolute Gasteiger partial charge is 0.231 e. The minimum atomic E-state index is -1.13. The molecule has 9 heteroatoms. The number of aliphatic hydroxyl groups is 2. The van der Waals surface area contributed by atoms with Gasteiger partial charge in [0.15, 0.2) is 0 Å². The van der Waals surface area contributed by atoms with Gasteiger partial charge < -0.3 is 29.3 Å². The zero-order valence-corrected chi connectivity index (χ0v) is 34.8. The predicted molar refractivity (Wildman–Crippen MR) is 237 cm³/mol. The van der Waals surface area contributed by atoms with Crippen LogP contribution in [0, 0.1) is 23.6 Å². The maximum absolute atomic E-state index is 14.7. The fraction of sp³-hybridized carbons (Fsp3) is 0.353. The van der Waals surface area contributed by atoms with Crippen LogP contribution in [0.1, 0.15) is 67.6 Å². The second kappa shape index (κ2) is 19.6. The Kier molecular flexibility index (Phi) is 13.7. The van der Waals surface area contributed by atoms with Crippen LogP contribution >= 0.6 is 11.8 Å². The molecule has 312 valence electrons. The standard InChI is InChI=1S/C51H54FNO6S/c1-2-28-57-51-48(60-41-24-22-36-16-6-7-17-37(36)29-41)32-46(53-58-33-35-14-4-3-5-15-35)43-30-38(18-10-12-26-54)42(20-11-13-27-55)49(50(43)51)44-31-40(23-25-47(44)59-51)56-34-39-19-8-9-21-45(39)52/h2-9,14-17,19,21-25,29-31,38,42,48-50,54-55H,1,10-13,18,20,26-28,32-34H2. The lowest BCUT2D eigenvalue weighted by Crippen LogP contribution is -2.64. The lowest BCUT2D eigenvalue weighted by atomic mass is 9.56. The van der Waals surface area contributed by atoms with Crippen molar-refractivity contribution in [3.8, 4) is 11.5 Å². The molecule has 0 saturated heterocycles. The van der Waals surface area contributed by atoms with E-state index < -0.39 is 5.79 Å². The molecule has 0 aromatic heterocycles. The number of ether oxygens (including phenoxy) is 3. The van der Waals surface area contributed by atoms with Crippen LogP contribution in [0.2, 0.25) is 0 Å². The van der Waals surface area contributed by atoms with Gasteiger partial charge in [0.25, 0.3) is 0 Å². The molecule has 6 unspecified atom stereocenters. The lowest BCUT2D eigenvalue weighted by molar-refractivity contribution is -0.223. The first kappa shape index (κ1) is 41.8. The number of thioether (sulfide) groups is 1. The van der Waals surface area contributed by atoms with Crippen molar-refractivity contribution < 1.29 is 33.7 Å². The summed E-state index contributed by atoms with van der Waals surface area (Å²) in [6.07, 6.45) is 9.58. The third kappa shape index (κ3) is 9.05. The van der Waals surface area contributed by atoms with Crippen LogP contribution in [-0.2, 0) is 22.8 Å².